The number of piperidine rings is 1. The summed E-state index contributed by atoms with van der Waals surface area (Å²) in [5.41, 5.74) is 0. The molecular formula is C14H25N3O. The van der Waals surface area contributed by atoms with Gasteiger partial charge in [-0.1, -0.05) is 6.92 Å². The molecule has 3 rings (SSSR count). The van der Waals surface area contributed by atoms with E-state index < -0.39 is 0 Å². The van der Waals surface area contributed by atoms with Gasteiger partial charge in [-0.3, -0.25) is 0 Å². The van der Waals surface area contributed by atoms with Gasteiger partial charge in [0.25, 0.3) is 0 Å². The Balaban J connectivity index is 1.61. The van der Waals surface area contributed by atoms with Crippen molar-refractivity contribution in [3.8, 4) is 0 Å². The van der Waals surface area contributed by atoms with Crippen molar-refractivity contribution in [2.75, 3.05) is 26.2 Å². The van der Waals surface area contributed by atoms with E-state index in [0.29, 0.717) is 18.0 Å². The Morgan fingerprint density at radius 3 is 2.61 bits per heavy atom. The standard InChI is InChI=1S/C14H25N3O/c1-11-3-2-7-16(9-11)14(18)17-8-6-12-4-5-13(10-17)15-12/h11-13,15H,2-10H2,1H3. The highest BCUT2D eigenvalue weighted by molar-refractivity contribution is 5.74. The molecule has 0 aliphatic carbocycles. The molecule has 3 heterocycles. The van der Waals surface area contributed by atoms with Crippen molar-refractivity contribution >= 4 is 6.03 Å². The lowest BCUT2D eigenvalue weighted by Crippen LogP contribution is -2.49. The fourth-order valence-electron chi connectivity index (χ4n) is 3.68. The van der Waals surface area contributed by atoms with E-state index >= 15 is 0 Å². The average molecular weight is 251 g/mol. The number of urea groups is 1. The molecule has 1 N–H and O–H groups in total. The summed E-state index contributed by atoms with van der Waals surface area (Å²) in [7, 11) is 0. The zero-order valence-electron chi connectivity index (χ0n) is 11.4. The summed E-state index contributed by atoms with van der Waals surface area (Å²) in [4.78, 5) is 16.7. The summed E-state index contributed by atoms with van der Waals surface area (Å²) >= 11 is 0. The van der Waals surface area contributed by atoms with Gasteiger partial charge in [-0.15, -0.1) is 0 Å². The van der Waals surface area contributed by atoms with Crippen LogP contribution in [0.25, 0.3) is 0 Å². The van der Waals surface area contributed by atoms with Gasteiger partial charge >= 0.3 is 6.03 Å². The lowest BCUT2D eigenvalue weighted by atomic mass is 10.0. The molecule has 0 spiro atoms. The van der Waals surface area contributed by atoms with E-state index in [1.165, 1.54) is 25.7 Å². The Morgan fingerprint density at radius 1 is 1.00 bits per heavy atom. The zero-order chi connectivity index (χ0) is 12.5. The van der Waals surface area contributed by atoms with E-state index in [-0.39, 0.29) is 6.03 Å². The monoisotopic (exact) mass is 251 g/mol. The first-order valence-electron chi connectivity index (χ1n) is 7.52. The Labute approximate surface area is 110 Å². The highest BCUT2D eigenvalue weighted by atomic mass is 16.2. The predicted molar refractivity (Wildman–Crippen MR) is 71.5 cm³/mol. The second-order valence-electron chi connectivity index (χ2n) is 6.35. The van der Waals surface area contributed by atoms with Crippen molar-refractivity contribution in [1.29, 1.82) is 0 Å². The minimum Gasteiger partial charge on any atom is -0.324 e. The molecule has 3 unspecified atom stereocenters. The quantitative estimate of drug-likeness (QED) is 0.711. The summed E-state index contributed by atoms with van der Waals surface area (Å²) in [6.45, 7) is 6.03. The van der Waals surface area contributed by atoms with Crippen molar-refractivity contribution in [3.05, 3.63) is 0 Å². The SMILES string of the molecule is CC1CCCN(C(=O)N2CCC3CCC(C2)N3)C1. The van der Waals surface area contributed by atoms with Crippen molar-refractivity contribution in [2.45, 2.75) is 51.1 Å². The largest absolute Gasteiger partial charge is 0.324 e. The molecular weight excluding hydrogens is 226 g/mol. The van der Waals surface area contributed by atoms with Crippen molar-refractivity contribution in [3.63, 3.8) is 0 Å². The molecule has 3 aliphatic heterocycles. The van der Waals surface area contributed by atoms with E-state index in [1.807, 2.05) is 0 Å². The zero-order valence-corrected chi connectivity index (χ0v) is 11.4. The third-order valence-corrected chi connectivity index (χ3v) is 4.72. The number of carbonyl (C=O) groups is 1. The number of carbonyl (C=O) groups excluding carboxylic acids is 1. The summed E-state index contributed by atoms with van der Waals surface area (Å²) in [6.07, 6.45) is 6.12. The normalized spacial score (nSPS) is 36.6. The summed E-state index contributed by atoms with van der Waals surface area (Å²) in [5, 5.41) is 3.64. The van der Waals surface area contributed by atoms with Crippen molar-refractivity contribution < 1.29 is 4.79 Å². The van der Waals surface area contributed by atoms with Crippen LogP contribution in [0.15, 0.2) is 0 Å². The van der Waals surface area contributed by atoms with Gasteiger partial charge < -0.3 is 15.1 Å². The molecule has 18 heavy (non-hydrogen) atoms. The van der Waals surface area contributed by atoms with Gasteiger partial charge in [-0.2, -0.15) is 0 Å². The molecule has 102 valence electrons. The number of hydrogen-bond acceptors (Lipinski definition) is 2. The fourth-order valence-corrected chi connectivity index (χ4v) is 3.68. The maximum Gasteiger partial charge on any atom is 0.320 e. The molecule has 3 aliphatic rings. The molecule has 2 bridgehead atoms. The van der Waals surface area contributed by atoms with E-state index in [2.05, 4.69) is 22.0 Å². The highest BCUT2D eigenvalue weighted by Crippen LogP contribution is 2.22. The topological polar surface area (TPSA) is 35.6 Å². The first kappa shape index (κ1) is 12.3. The molecule has 4 heteroatoms. The van der Waals surface area contributed by atoms with Crippen LogP contribution in [0.3, 0.4) is 0 Å². The van der Waals surface area contributed by atoms with Crippen LogP contribution in [0.1, 0.15) is 39.0 Å². The minimum atomic E-state index is 0.288. The Morgan fingerprint density at radius 2 is 1.78 bits per heavy atom. The number of rotatable bonds is 0. The predicted octanol–water partition coefficient (Wildman–Crippen LogP) is 1.66. The van der Waals surface area contributed by atoms with E-state index in [4.69, 9.17) is 0 Å². The highest BCUT2D eigenvalue weighted by Gasteiger charge is 2.33. The molecule has 3 fully saturated rings. The van der Waals surface area contributed by atoms with Crippen LogP contribution in [-0.2, 0) is 0 Å². The van der Waals surface area contributed by atoms with Gasteiger partial charge in [0.1, 0.15) is 0 Å². The van der Waals surface area contributed by atoms with Crippen LogP contribution < -0.4 is 5.32 Å². The number of nitrogens with zero attached hydrogens (tertiary/aromatic N) is 2. The van der Waals surface area contributed by atoms with E-state index in [0.717, 1.165) is 32.6 Å². The smallest absolute Gasteiger partial charge is 0.320 e. The molecule has 2 amide bonds. The number of likely N-dealkylation sites (tertiary alicyclic amines) is 2. The third kappa shape index (κ3) is 2.48. The molecule has 0 aromatic carbocycles. The number of hydrogen-bond donors (Lipinski definition) is 1. The van der Waals surface area contributed by atoms with E-state index in [9.17, 15) is 4.79 Å². The summed E-state index contributed by atoms with van der Waals surface area (Å²) in [5.74, 6) is 0.671. The summed E-state index contributed by atoms with van der Waals surface area (Å²) < 4.78 is 0. The summed E-state index contributed by atoms with van der Waals surface area (Å²) in [6, 6.07) is 1.49. The van der Waals surface area contributed by atoms with Gasteiger partial charge in [-0.25, -0.2) is 4.79 Å². The second kappa shape index (κ2) is 5.08. The molecule has 4 nitrogen and oxygen atoms in total. The third-order valence-electron chi connectivity index (χ3n) is 4.72. The maximum absolute atomic E-state index is 12.6. The molecule has 3 saturated heterocycles. The van der Waals surface area contributed by atoms with Gasteiger partial charge in [-0.05, 0) is 38.0 Å². The number of fused-ring (bicyclic) bond motifs is 2. The fraction of sp³-hybridized carbons (Fsp3) is 0.929. The van der Waals surface area contributed by atoms with Crippen LogP contribution in [-0.4, -0.2) is 54.1 Å². The number of amides is 2. The van der Waals surface area contributed by atoms with Gasteiger partial charge in [0.15, 0.2) is 0 Å². The number of nitrogens with one attached hydrogen (secondary N) is 1. The Hall–Kier alpha value is -0.770. The van der Waals surface area contributed by atoms with Crippen molar-refractivity contribution in [2.24, 2.45) is 5.92 Å². The van der Waals surface area contributed by atoms with Crippen LogP contribution in [0.4, 0.5) is 4.79 Å². The maximum atomic E-state index is 12.6. The average Bonchev–Trinajstić information content (AvgIpc) is 2.68. The second-order valence-corrected chi connectivity index (χ2v) is 6.35. The molecule has 3 atom stereocenters. The lowest BCUT2D eigenvalue weighted by Gasteiger charge is -2.36. The van der Waals surface area contributed by atoms with Crippen LogP contribution in [0.5, 0.6) is 0 Å². The molecule has 0 aromatic rings. The first-order valence-corrected chi connectivity index (χ1v) is 7.52. The van der Waals surface area contributed by atoms with Crippen LogP contribution in [0, 0.1) is 5.92 Å². The van der Waals surface area contributed by atoms with Crippen LogP contribution >= 0.6 is 0 Å². The van der Waals surface area contributed by atoms with Crippen LogP contribution in [0.2, 0.25) is 0 Å². The first-order chi connectivity index (χ1) is 8.72. The molecule has 0 saturated carbocycles. The lowest BCUT2D eigenvalue weighted by molar-refractivity contribution is 0.129. The van der Waals surface area contributed by atoms with Gasteiger partial charge in [0.05, 0.1) is 0 Å². The van der Waals surface area contributed by atoms with Crippen molar-refractivity contribution in [1.82, 2.24) is 15.1 Å². The van der Waals surface area contributed by atoms with Gasteiger partial charge in [0.2, 0.25) is 0 Å². The minimum absolute atomic E-state index is 0.288. The molecule has 0 aromatic heterocycles. The van der Waals surface area contributed by atoms with E-state index in [1.54, 1.807) is 0 Å². The Kier molecular flexibility index (Phi) is 3.46. The Bertz CT molecular complexity index is 320. The molecule has 0 radical (unpaired) electrons. The van der Waals surface area contributed by atoms with Gasteiger partial charge in [0, 0.05) is 38.3 Å².